The Morgan fingerprint density at radius 3 is 2.90 bits per heavy atom. The second-order valence-electron chi connectivity index (χ2n) is 4.54. The third-order valence-corrected chi connectivity index (χ3v) is 5.94. The number of nitrogens with one attached hydrogen (secondary N) is 2. The third-order valence-electron chi connectivity index (χ3n) is 3.09. The molecule has 9 heteroatoms. The fourth-order valence-electron chi connectivity index (χ4n) is 2.03. The zero-order chi connectivity index (χ0) is 14.5. The van der Waals surface area contributed by atoms with Gasteiger partial charge in [0.05, 0.1) is 0 Å². The molecule has 0 radical (unpaired) electrons. The number of carbonyl (C=O) groups is 3. The fourth-order valence-corrected chi connectivity index (χ4v) is 4.64. The van der Waals surface area contributed by atoms with Crippen LogP contribution in [-0.4, -0.2) is 76.1 Å². The molecule has 2 saturated heterocycles. The lowest BCUT2D eigenvalue weighted by molar-refractivity contribution is -0.144. The number of carboxylic acid groups (broad SMARTS) is 1. The van der Waals surface area contributed by atoms with Gasteiger partial charge in [0.15, 0.2) is 0 Å². The highest BCUT2D eigenvalue weighted by atomic mass is 32.2. The molecule has 0 saturated carbocycles. The van der Waals surface area contributed by atoms with Gasteiger partial charge >= 0.3 is 12.0 Å². The maximum atomic E-state index is 12.1. The number of thioether (sulfide) groups is 2. The first-order chi connectivity index (χ1) is 9.58. The number of amides is 3. The predicted molar refractivity (Wildman–Crippen MR) is 78.1 cm³/mol. The molecule has 3 N–H and O–H groups in total. The number of carbonyl (C=O) groups excluding carboxylic acids is 2. The largest absolute Gasteiger partial charge is 0.480 e. The highest BCUT2D eigenvalue weighted by Gasteiger charge is 2.35. The van der Waals surface area contributed by atoms with E-state index >= 15 is 0 Å². The van der Waals surface area contributed by atoms with E-state index in [0.717, 1.165) is 22.2 Å². The number of rotatable bonds is 3. The third kappa shape index (κ3) is 3.95. The van der Waals surface area contributed by atoms with E-state index in [0.29, 0.717) is 11.8 Å². The summed E-state index contributed by atoms with van der Waals surface area (Å²) in [5.41, 5.74) is 0. The second-order valence-corrected chi connectivity index (χ2v) is 7.10. The van der Waals surface area contributed by atoms with Crippen LogP contribution in [0.4, 0.5) is 4.79 Å². The summed E-state index contributed by atoms with van der Waals surface area (Å²) in [6, 6.07) is -1.48. The van der Waals surface area contributed by atoms with Gasteiger partial charge in [-0.1, -0.05) is 0 Å². The average Bonchev–Trinajstić information content (AvgIpc) is 2.45. The Morgan fingerprint density at radius 1 is 1.45 bits per heavy atom. The van der Waals surface area contributed by atoms with Crippen LogP contribution in [0.2, 0.25) is 0 Å². The van der Waals surface area contributed by atoms with Crippen LogP contribution in [0.5, 0.6) is 0 Å². The zero-order valence-electron chi connectivity index (χ0n) is 10.8. The lowest BCUT2D eigenvalue weighted by Crippen LogP contribution is -2.61. The molecule has 2 atom stereocenters. The maximum absolute atomic E-state index is 12.1. The molecule has 0 bridgehead atoms. The van der Waals surface area contributed by atoms with Gasteiger partial charge in [0.2, 0.25) is 5.91 Å². The van der Waals surface area contributed by atoms with Gasteiger partial charge in [-0.3, -0.25) is 9.69 Å². The lowest BCUT2D eigenvalue weighted by atomic mass is 10.2. The molecule has 7 nitrogen and oxygen atoms in total. The Morgan fingerprint density at radius 2 is 2.25 bits per heavy atom. The molecule has 3 amide bonds. The molecule has 20 heavy (non-hydrogen) atoms. The summed E-state index contributed by atoms with van der Waals surface area (Å²) in [5, 5.41) is 14.6. The van der Waals surface area contributed by atoms with Gasteiger partial charge in [-0.2, -0.15) is 23.5 Å². The van der Waals surface area contributed by atoms with E-state index in [1.165, 1.54) is 0 Å². The number of carboxylic acids is 1. The van der Waals surface area contributed by atoms with E-state index in [-0.39, 0.29) is 19.0 Å². The van der Waals surface area contributed by atoms with Crippen molar-refractivity contribution in [2.45, 2.75) is 11.3 Å². The summed E-state index contributed by atoms with van der Waals surface area (Å²) in [6.45, 7) is 0.242. The molecule has 112 valence electrons. The van der Waals surface area contributed by atoms with E-state index in [2.05, 4.69) is 10.6 Å². The maximum Gasteiger partial charge on any atom is 0.328 e. The topological polar surface area (TPSA) is 98.7 Å². The molecule has 2 heterocycles. The lowest BCUT2D eigenvalue weighted by Gasteiger charge is -2.33. The van der Waals surface area contributed by atoms with Crippen LogP contribution in [0.1, 0.15) is 0 Å². The molecule has 2 aliphatic rings. The minimum Gasteiger partial charge on any atom is -0.480 e. The average molecular weight is 319 g/mol. The van der Waals surface area contributed by atoms with Crippen molar-refractivity contribution in [3.05, 3.63) is 0 Å². The number of urea groups is 1. The van der Waals surface area contributed by atoms with Crippen LogP contribution in [0, 0.1) is 0 Å². The molecule has 0 aromatic carbocycles. The van der Waals surface area contributed by atoms with Gasteiger partial charge in [-0.15, -0.1) is 0 Å². The zero-order valence-corrected chi connectivity index (χ0v) is 12.5. The van der Waals surface area contributed by atoms with Crippen molar-refractivity contribution in [2.75, 3.05) is 36.9 Å². The van der Waals surface area contributed by atoms with Crippen molar-refractivity contribution in [1.82, 2.24) is 15.5 Å². The van der Waals surface area contributed by atoms with Gasteiger partial charge in [-0.25, -0.2) is 9.59 Å². The van der Waals surface area contributed by atoms with Crippen LogP contribution < -0.4 is 10.6 Å². The van der Waals surface area contributed by atoms with E-state index in [9.17, 15) is 14.4 Å². The van der Waals surface area contributed by atoms with Crippen molar-refractivity contribution < 1.29 is 19.5 Å². The highest BCUT2D eigenvalue weighted by Crippen LogP contribution is 2.23. The van der Waals surface area contributed by atoms with Crippen molar-refractivity contribution in [1.29, 1.82) is 0 Å². The number of hydrogen-bond donors (Lipinski definition) is 3. The number of aliphatic carboxylic acids is 1. The molecule has 0 aromatic heterocycles. The summed E-state index contributed by atoms with van der Waals surface area (Å²) in [6.07, 6.45) is 0. The minimum absolute atomic E-state index is 0.0460. The van der Waals surface area contributed by atoms with Crippen molar-refractivity contribution in [3.63, 3.8) is 0 Å². The normalized spacial score (nSPS) is 26.8. The van der Waals surface area contributed by atoms with Crippen LogP contribution in [0.3, 0.4) is 0 Å². The summed E-state index contributed by atoms with van der Waals surface area (Å²) >= 11 is 3.66. The standard InChI is InChI=1S/C11H17N3O4S2/c15-9-5-14(8(4-12-9)10(16)17)11(18)13-3-7-6-19-1-2-20-7/h7-8H,1-6H2,(H,12,15)(H,13,18)(H,16,17). The number of hydrogen-bond acceptors (Lipinski definition) is 5. The van der Waals surface area contributed by atoms with E-state index in [1.54, 1.807) is 0 Å². The molecule has 2 unspecified atom stereocenters. The molecule has 0 spiro atoms. The Hall–Kier alpha value is -1.09. The fraction of sp³-hybridized carbons (Fsp3) is 0.727. The summed E-state index contributed by atoms with van der Waals surface area (Å²) in [4.78, 5) is 35.6. The molecule has 0 aliphatic carbocycles. The molecule has 0 aromatic rings. The van der Waals surface area contributed by atoms with Crippen LogP contribution in [0.25, 0.3) is 0 Å². The Labute approximate surface area is 125 Å². The summed E-state index contributed by atoms with van der Waals surface area (Å²) in [7, 11) is 0. The second kappa shape index (κ2) is 7.07. The Balaban J connectivity index is 1.87. The number of nitrogens with zero attached hydrogens (tertiary/aromatic N) is 1. The summed E-state index contributed by atoms with van der Waals surface area (Å²) in [5.74, 6) is 1.73. The first kappa shape index (κ1) is 15.3. The van der Waals surface area contributed by atoms with Gasteiger partial charge in [-0.05, 0) is 0 Å². The highest BCUT2D eigenvalue weighted by molar-refractivity contribution is 8.06. The molecule has 2 aliphatic heterocycles. The Kier molecular flexibility index (Phi) is 5.41. The van der Waals surface area contributed by atoms with Crippen LogP contribution >= 0.6 is 23.5 Å². The van der Waals surface area contributed by atoms with Crippen molar-refractivity contribution in [3.8, 4) is 0 Å². The first-order valence-corrected chi connectivity index (χ1v) is 8.51. The van der Waals surface area contributed by atoms with Crippen molar-refractivity contribution >= 4 is 41.4 Å². The van der Waals surface area contributed by atoms with Gasteiger partial charge < -0.3 is 15.7 Å². The first-order valence-electron chi connectivity index (χ1n) is 6.31. The van der Waals surface area contributed by atoms with Crippen molar-refractivity contribution in [2.24, 2.45) is 0 Å². The Bertz CT molecular complexity index is 401. The summed E-state index contributed by atoms with van der Waals surface area (Å²) < 4.78 is 0. The number of piperazine rings is 1. The molecule has 2 fully saturated rings. The van der Waals surface area contributed by atoms with Crippen LogP contribution in [-0.2, 0) is 9.59 Å². The smallest absolute Gasteiger partial charge is 0.328 e. The molecule has 2 rings (SSSR count). The molecular weight excluding hydrogens is 302 g/mol. The van der Waals surface area contributed by atoms with Gasteiger partial charge in [0.25, 0.3) is 0 Å². The monoisotopic (exact) mass is 319 g/mol. The predicted octanol–water partition coefficient (Wildman–Crippen LogP) is -0.570. The van der Waals surface area contributed by atoms with Crippen LogP contribution in [0.15, 0.2) is 0 Å². The quantitative estimate of drug-likeness (QED) is 0.644. The molecular formula is C11H17N3O4S2. The van der Waals surface area contributed by atoms with E-state index in [4.69, 9.17) is 5.11 Å². The minimum atomic E-state index is -1.11. The van der Waals surface area contributed by atoms with E-state index in [1.807, 2.05) is 23.5 Å². The SMILES string of the molecule is O=C1CN(C(=O)NCC2CSCCS2)C(C(=O)O)CN1. The van der Waals surface area contributed by atoms with Gasteiger partial charge in [0.1, 0.15) is 12.6 Å². The van der Waals surface area contributed by atoms with E-state index < -0.39 is 18.0 Å². The van der Waals surface area contributed by atoms with Gasteiger partial charge in [0, 0.05) is 35.6 Å².